The second-order valence-electron chi connectivity index (χ2n) is 7.54. The number of hydrogen-bond acceptors (Lipinski definition) is 4. The Bertz CT molecular complexity index is 852. The van der Waals surface area contributed by atoms with E-state index >= 15 is 0 Å². The second kappa shape index (κ2) is 5.98. The van der Waals surface area contributed by atoms with Crippen LogP contribution in [0, 0.1) is 25.2 Å². The fraction of sp³-hybridized carbons (Fsp3) is 0.400. The average molecular weight is 334 g/mol. The molecule has 1 saturated heterocycles. The zero-order valence-electron chi connectivity index (χ0n) is 15.7. The zero-order chi connectivity index (χ0) is 18.4. The van der Waals surface area contributed by atoms with Crippen molar-refractivity contribution >= 4 is 12.6 Å². The Balaban J connectivity index is 2.09. The first-order valence-corrected chi connectivity index (χ1v) is 8.49. The Morgan fingerprint density at radius 1 is 1.00 bits per heavy atom. The van der Waals surface area contributed by atoms with E-state index in [4.69, 9.17) is 9.31 Å². The van der Waals surface area contributed by atoms with Crippen LogP contribution in [0.4, 0.5) is 0 Å². The third kappa shape index (κ3) is 2.86. The van der Waals surface area contributed by atoms with Crippen molar-refractivity contribution in [3.8, 4) is 17.2 Å². The van der Waals surface area contributed by atoms with Crippen LogP contribution in [0.1, 0.15) is 44.5 Å². The summed E-state index contributed by atoms with van der Waals surface area (Å²) in [6.07, 6.45) is 1.74. The largest absolute Gasteiger partial charge is 0.495 e. The number of nitriles is 1. The smallest absolute Gasteiger partial charge is 0.399 e. The third-order valence-corrected chi connectivity index (χ3v) is 5.43. The van der Waals surface area contributed by atoms with Crippen molar-refractivity contribution in [1.82, 2.24) is 4.98 Å². The molecule has 128 valence electrons. The highest BCUT2D eigenvalue weighted by molar-refractivity contribution is 6.62. The van der Waals surface area contributed by atoms with Crippen LogP contribution in [0.15, 0.2) is 30.5 Å². The van der Waals surface area contributed by atoms with Gasteiger partial charge in [-0.15, -0.1) is 0 Å². The van der Waals surface area contributed by atoms with Gasteiger partial charge in [0.15, 0.2) is 0 Å². The van der Waals surface area contributed by atoms with E-state index in [0.717, 1.165) is 27.8 Å². The molecule has 0 radical (unpaired) electrons. The van der Waals surface area contributed by atoms with Crippen molar-refractivity contribution in [3.63, 3.8) is 0 Å². The highest BCUT2D eigenvalue weighted by atomic mass is 16.7. The fourth-order valence-electron chi connectivity index (χ4n) is 3.10. The topological polar surface area (TPSA) is 55.1 Å². The van der Waals surface area contributed by atoms with E-state index in [1.807, 2.05) is 65.8 Å². The van der Waals surface area contributed by atoms with E-state index in [9.17, 15) is 5.26 Å². The van der Waals surface area contributed by atoms with Gasteiger partial charge in [-0.05, 0) is 64.2 Å². The van der Waals surface area contributed by atoms with Gasteiger partial charge in [0.05, 0.1) is 22.5 Å². The zero-order valence-corrected chi connectivity index (χ0v) is 15.7. The lowest BCUT2D eigenvalue weighted by Crippen LogP contribution is -2.41. The van der Waals surface area contributed by atoms with Crippen LogP contribution in [0.5, 0.6) is 0 Å². The van der Waals surface area contributed by atoms with Gasteiger partial charge < -0.3 is 9.31 Å². The van der Waals surface area contributed by atoms with E-state index in [-0.39, 0.29) is 11.2 Å². The molecule has 0 saturated carbocycles. The van der Waals surface area contributed by atoms with E-state index in [2.05, 4.69) is 11.1 Å². The molecule has 0 atom stereocenters. The van der Waals surface area contributed by atoms with E-state index in [1.165, 1.54) is 0 Å². The Kier molecular flexibility index (Phi) is 4.22. The van der Waals surface area contributed by atoms with Crippen LogP contribution in [0.2, 0.25) is 0 Å². The van der Waals surface area contributed by atoms with Gasteiger partial charge in [0.1, 0.15) is 6.07 Å². The maximum absolute atomic E-state index is 9.53. The molecule has 1 aromatic heterocycles. The van der Waals surface area contributed by atoms with Crippen LogP contribution >= 0.6 is 0 Å². The molecule has 25 heavy (non-hydrogen) atoms. The summed E-state index contributed by atoms with van der Waals surface area (Å²) < 4.78 is 12.4. The number of nitrogens with zero attached hydrogens (tertiary/aromatic N) is 2. The van der Waals surface area contributed by atoms with Gasteiger partial charge in [-0.1, -0.05) is 18.2 Å². The molecule has 0 unspecified atom stereocenters. The highest BCUT2D eigenvalue weighted by Crippen LogP contribution is 2.37. The molecule has 0 spiro atoms. The Labute approximate surface area is 149 Å². The van der Waals surface area contributed by atoms with E-state index in [0.29, 0.717) is 5.56 Å². The molecule has 2 heterocycles. The SMILES string of the molecule is Cc1nccc(-c2cccc(B3OC(C)(C)C(C)(C)O3)c2C)c1C#N. The van der Waals surface area contributed by atoms with Crippen molar-refractivity contribution in [1.29, 1.82) is 5.26 Å². The molecule has 1 aromatic carbocycles. The van der Waals surface area contributed by atoms with Crippen molar-refractivity contribution in [3.05, 3.63) is 47.3 Å². The lowest BCUT2D eigenvalue weighted by Gasteiger charge is -2.32. The molecular weight excluding hydrogens is 311 g/mol. The Hall–Kier alpha value is -2.16. The molecule has 5 heteroatoms. The van der Waals surface area contributed by atoms with Gasteiger partial charge in [-0.3, -0.25) is 4.98 Å². The summed E-state index contributed by atoms with van der Waals surface area (Å²) in [6.45, 7) is 12.1. The number of rotatable bonds is 2. The monoisotopic (exact) mass is 334 g/mol. The number of pyridine rings is 1. The third-order valence-electron chi connectivity index (χ3n) is 5.43. The number of hydrogen-bond donors (Lipinski definition) is 0. The number of aryl methyl sites for hydroxylation is 1. The maximum Gasteiger partial charge on any atom is 0.495 e. The first-order valence-electron chi connectivity index (χ1n) is 8.49. The average Bonchev–Trinajstić information content (AvgIpc) is 2.75. The van der Waals surface area contributed by atoms with Gasteiger partial charge in [-0.25, -0.2) is 0 Å². The van der Waals surface area contributed by atoms with Gasteiger partial charge in [-0.2, -0.15) is 5.26 Å². The Morgan fingerprint density at radius 2 is 1.64 bits per heavy atom. The van der Waals surface area contributed by atoms with Crippen molar-refractivity contribution in [2.45, 2.75) is 52.7 Å². The summed E-state index contributed by atoms with van der Waals surface area (Å²) in [5, 5.41) is 9.53. The molecule has 0 amide bonds. The molecule has 2 aromatic rings. The van der Waals surface area contributed by atoms with E-state index < -0.39 is 7.12 Å². The predicted molar refractivity (Wildman–Crippen MR) is 99.6 cm³/mol. The minimum atomic E-state index is -0.418. The lowest BCUT2D eigenvalue weighted by atomic mass is 9.74. The van der Waals surface area contributed by atoms with Crippen LogP contribution < -0.4 is 5.46 Å². The first-order chi connectivity index (χ1) is 11.7. The normalized spacial score (nSPS) is 18.2. The number of benzene rings is 1. The summed E-state index contributed by atoms with van der Waals surface area (Å²) in [5.74, 6) is 0. The van der Waals surface area contributed by atoms with Crippen LogP contribution in [0.25, 0.3) is 11.1 Å². The molecule has 1 fully saturated rings. The Morgan fingerprint density at radius 3 is 2.24 bits per heavy atom. The van der Waals surface area contributed by atoms with Gasteiger partial charge in [0, 0.05) is 11.8 Å². The standard InChI is InChI=1S/C20H23BN2O2/c1-13-15(16-10-11-23-14(2)17(16)12-22)8-7-9-18(13)21-24-19(3,4)20(5,6)25-21/h7-11H,1-6H3. The number of aromatic nitrogens is 1. The molecular formula is C20H23BN2O2. The van der Waals surface area contributed by atoms with Gasteiger partial charge in [0.2, 0.25) is 0 Å². The summed E-state index contributed by atoms with van der Waals surface area (Å²) in [5.41, 5.74) is 4.53. The molecule has 0 aliphatic carbocycles. The van der Waals surface area contributed by atoms with Crippen molar-refractivity contribution < 1.29 is 9.31 Å². The lowest BCUT2D eigenvalue weighted by molar-refractivity contribution is 0.00578. The van der Waals surface area contributed by atoms with Crippen LogP contribution in [0.3, 0.4) is 0 Å². The quantitative estimate of drug-likeness (QED) is 0.789. The van der Waals surface area contributed by atoms with Crippen LogP contribution in [-0.4, -0.2) is 23.3 Å². The van der Waals surface area contributed by atoms with E-state index in [1.54, 1.807) is 6.20 Å². The molecule has 0 bridgehead atoms. The first kappa shape index (κ1) is 17.7. The second-order valence-corrected chi connectivity index (χ2v) is 7.54. The molecule has 3 rings (SSSR count). The van der Waals surface area contributed by atoms with Crippen molar-refractivity contribution in [2.24, 2.45) is 0 Å². The summed E-state index contributed by atoms with van der Waals surface area (Å²) in [6, 6.07) is 10.2. The molecule has 1 aliphatic heterocycles. The minimum absolute atomic E-state index is 0.384. The predicted octanol–water partition coefficient (Wildman–Crippen LogP) is 3.54. The maximum atomic E-state index is 9.53. The van der Waals surface area contributed by atoms with Crippen LogP contribution in [-0.2, 0) is 9.31 Å². The highest BCUT2D eigenvalue weighted by Gasteiger charge is 2.52. The molecule has 4 nitrogen and oxygen atoms in total. The minimum Gasteiger partial charge on any atom is -0.399 e. The van der Waals surface area contributed by atoms with Gasteiger partial charge >= 0.3 is 7.12 Å². The summed E-state index contributed by atoms with van der Waals surface area (Å²) in [4.78, 5) is 4.23. The molecule has 0 N–H and O–H groups in total. The molecule has 1 aliphatic rings. The summed E-state index contributed by atoms with van der Waals surface area (Å²) in [7, 11) is -0.418. The fourth-order valence-corrected chi connectivity index (χ4v) is 3.10. The summed E-state index contributed by atoms with van der Waals surface area (Å²) >= 11 is 0. The van der Waals surface area contributed by atoms with Gasteiger partial charge in [0.25, 0.3) is 0 Å². The van der Waals surface area contributed by atoms with Crippen molar-refractivity contribution in [2.75, 3.05) is 0 Å².